The Kier molecular flexibility index (Phi) is 7.48. The van der Waals surface area contributed by atoms with E-state index in [2.05, 4.69) is 229 Å². The SMILES string of the molecule is c1ccc(-c2ccc(-c3ccc(N(c4ccccc4)c4ccc5c(c4)C4(c6ccccc6-5)c5ccc6ccccc6c5Oc5c4ccc4ccccc54)cc3)cc2)cc1. The topological polar surface area (TPSA) is 12.5 Å². The van der Waals surface area contributed by atoms with Crippen molar-refractivity contribution in [3.63, 3.8) is 0 Å². The second-order valence-electron chi connectivity index (χ2n) is 15.6. The van der Waals surface area contributed by atoms with Crippen molar-refractivity contribution in [2.75, 3.05) is 4.90 Å². The van der Waals surface area contributed by atoms with Gasteiger partial charge < -0.3 is 9.64 Å². The van der Waals surface area contributed by atoms with Crippen molar-refractivity contribution in [2.45, 2.75) is 5.41 Å². The van der Waals surface area contributed by atoms with Crippen LogP contribution in [0.25, 0.3) is 54.9 Å². The zero-order chi connectivity index (χ0) is 38.9. The summed E-state index contributed by atoms with van der Waals surface area (Å²) < 4.78 is 7.20. The molecule has 0 saturated heterocycles. The molecule has 1 aliphatic carbocycles. The number of nitrogens with zero attached hydrogens (tertiary/aromatic N) is 1. The van der Waals surface area contributed by atoms with Gasteiger partial charge >= 0.3 is 0 Å². The van der Waals surface area contributed by atoms with Gasteiger partial charge in [0.2, 0.25) is 0 Å². The van der Waals surface area contributed by atoms with Gasteiger partial charge in [0.15, 0.2) is 0 Å². The highest BCUT2D eigenvalue weighted by molar-refractivity contribution is 6.00. The van der Waals surface area contributed by atoms with Crippen LogP contribution in [0.15, 0.2) is 224 Å². The number of rotatable bonds is 5. The molecule has 1 heterocycles. The zero-order valence-corrected chi connectivity index (χ0v) is 32.2. The Morgan fingerprint density at radius 3 is 1.39 bits per heavy atom. The molecule has 12 rings (SSSR count). The maximum Gasteiger partial charge on any atom is 0.140 e. The lowest BCUT2D eigenvalue weighted by atomic mass is 9.65. The van der Waals surface area contributed by atoms with Gasteiger partial charge in [-0.3, -0.25) is 0 Å². The van der Waals surface area contributed by atoms with E-state index in [4.69, 9.17) is 4.74 Å². The quantitative estimate of drug-likeness (QED) is 0.174. The second kappa shape index (κ2) is 13.2. The number of hydrogen-bond acceptors (Lipinski definition) is 2. The minimum Gasteiger partial charge on any atom is -0.455 e. The Labute approximate surface area is 343 Å². The summed E-state index contributed by atoms with van der Waals surface area (Å²) in [4.78, 5) is 2.39. The minimum absolute atomic E-state index is 0.628. The third-order valence-electron chi connectivity index (χ3n) is 12.5. The van der Waals surface area contributed by atoms with Gasteiger partial charge in [-0.25, -0.2) is 0 Å². The molecular formula is C57H37NO. The normalized spacial score (nSPS) is 13.0. The molecule has 2 heteroatoms. The third kappa shape index (κ3) is 5.06. The molecule has 0 radical (unpaired) electrons. The van der Waals surface area contributed by atoms with Crippen LogP contribution < -0.4 is 9.64 Å². The van der Waals surface area contributed by atoms with E-state index in [-0.39, 0.29) is 0 Å². The maximum absolute atomic E-state index is 7.20. The molecule has 0 amide bonds. The highest BCUT2D eigenvalue weighted by Gasteiger charge is 2.52. The van der Waals surface area contributed by atoms with Gasteiger partial charge in [-0.15, -0.1) is 0 Å². The van der Waals surface area contributed by atoms with Crippen molar-refractivity contribution in [3.05, 3.63) is 247 Å². The molecule has 0 fully saturated rings. The lowest BCUT2D eigenvalue weighted by Gasteiger charge is -2.40. The van der Waals surface area contributed by atoms with Crippen LogP contribution in [0.1, 0.15) is 22.3 Å². The summed E-state index contributed by atoms with van der Waals surface area (Å²) in [6.45, 7) is 0. The van der Waals surface area contributed by atoms with Gasteiger partial charge in [0.1, 0.15) is 11.5 Å². The fourth-order valence-electron chi connectivity index (χ4n) is 9.84. The number of ether oxygens (including phenoxy) is 1. The second-order valence-corrected chi connectivity index (χ2v) is 15.6. The summed E-state index contributed by atoms with van der Waals surface area (Å²) >= 11 is 0. The highest BCUT2D eigenvalue weighted by Crippen LogP contribution is 2.64. The van der Waals surface area contributed by atoms with Crippen molar-refractivity contribution in [3.8, 4) is 44.9 Å². The fourth-order valence-corrected chi connectivity index (χ4v) is 9.84. The molecule has 0 saturated carbocycles. The Morgan fingerprint density at radius 2 is 0.763 bits per heavy atom. The fraction of sp³-hybridized carbons (Fsp3) is 0.0175. The number of fused-ring (bicyclic) bond motifs is 13. The summed E-state index contributed by atoms with van der Waals surface area (Å²) in [6.07, 6.45) is 0. The standard InChI is InChI=1S/C57H37NO/c1-3-13-38(14-4-1)39-23-25-40(26-24-39)41-27-31-45(32-28-41)58(44-17-5-2-6-18-44)46-33-34-50-49-21-11-12-22-51(49)57(54(50)37-46)52-35-29-42-15-7-9-19-47(42)55(52)59-56-48-20-10-8-16-43(48)30-36-53(56)57/h1-37H. The van der Waals surface area contributed by atoms with Crippen LogP contribution in [0, 0.1) is 0 Å². The molecule has 10 aromatic rings. The van der Waals surface area contributed by atoms with Crippen molar-refractivity contribution in [1.82, 2.24) is 0 Å². The lowest BCUT2D eigenvalue weighted by molar-refractivity contribution is 0.447. The average molecular weight is 752 g/mol. The van der Waals surface area contributed by atoms with Gasteiger partial charge in [0.05, 0.1) is 5.41 Å². The molecule has 59 heavy (non-hydrogen) atoms. The van der Waals surface area contributed by atoms with Crippen LogP contribution in [-0.2, 0) is 5.41 Å². The van der Waals surface area contributed by atoms with Crippen LogP contribution in [0.4, 0.5) is 17.1 Å². The van der Waals surface area contributed by atoms with Gasteiger partial charge in [0.25, 0.3) is 0 Å². The molecule has 276 valence electrons. The lowest BCUT2D eigenvalue weighted by Crippen LogP contribution is -2.32. The molecule has 0 N–H and O–H groups in total. The van der Waals surface area contributed by atoms with Crippen LogP contribution >= 0.6 is 0 Å². The van der Waals surface area contributed by atoms with Crippen molar-refractivity contribution in [1.29, 1.82) is 0 Å². The van der Waals surface area contributed by atoms with Crippen LogP contribution in [0.5, 0.6) is 11.5 Å². The first-order chi connectivity index (χ1) is 29.3. The Bertz CT molecular complexity index is 3140. The van der Waals surface area contributed by atoms with E-state index in [1.165, 1.54) is 44.5 Å². The molecule has 2 aliphatic rings. The molecule has 10 aromatic carbocycles. The molecule has 0 bridgehead atoms. The molecular weight excluding hydrogens is 715 g/mol. The van der Waals surface area contributed by atoms with E-state index in [9.17, 15) is 0 Å². The molecule has 1 aliphatic heterocycles. The van der Waals surface area contributed by atoms with E-state index in [0.717, 1.165) is 61.2 Å². The summed E-state index contributed by atoms with van der Waals surface area (Å²) in [6, 6.07) is 81.6. The molecule has 0 unspecified atom stereocenters. The first-order valence-electron chi connectivity index (χ1n) is 20.3. The first-order valence-corrected chi connectivity index (χ1v) is 20.3. The number of para-hydroxylation sites is 1. The first kappa shape index (κ1) is 33.5. The number of hydrogen-bond donors (Lipinski definition) is 0. The smallest absolute Gasteiger partial charge is 0.140 e. The zero-order valence-electron chi connectivity index (χ0n) is 32.2. The number of benzene rings is 10. The van der Waals surface area contributed by atoms with Gasteiger partial charge in [-0.2, -0.15) is 0 Å². The number of anilines is 3. The summed E-state index contributed by atoms with van der Waals surface area (Å²) in [5.41, 5.74) is 14.8. The highest BCUT2D eigenvalue weighted by atomic mass is 16.5. The van der Waals surface area contributed by atoms with Gasteiger partial charge in [-0.05, 0) is 91.7 Å². The average Bonchev–Trinajstić information content (AvgIpc) is 3.59. The van der Waals surface area contributed by atoms with E-state index >= 15 is 0 Å². The third-order valence-corrected chi connectivity index (χ3v) is 12.5. The predicted octanol–water partition coefficient (Wildman–Crippen LogP) is 15.3. The maximum atomic E-state index is 7.20. The monoisotopic (exact) mass is 751 g/mol. The van der Waals surface area contributed by atoms with Crippen LogP contribution in [-0.4, -0.2) is 0 Å². The summed E-state index contributed by atoms with van der Waals surface area (Å²) in [5, 5.41) is 4.56. The minimum atomic E-state index is -0.628. The summed E-state index contributed by atoms with van der Waals surface area (Å²) in [7, 11) is 0. The summed E-state index contributed by atoms with van der Waals surface area (Å²) in [5.74, 6) is 1.85. The molecule has 1 spiro atoms. The Morgan fingerprint density at radius 1 is 0.305 bits per heavy atom. The molecule has 0 atom stereocenters. The van der Waals surface area contributed by atoms with Crippen molar-refractivity contribution in [2.24, 2.45) is 0 Å². The largest absolute Gasteiger partial charge is 0.455 e. The van der Waals surface area contributed by atoms with E-state index in [1.807, 2.05) is 0 Å². The van der Waals surface area contributed by atoms with E-state index in [1.54, 1.807) is 0 Å². The predicted molar refractivity (Wildman–Crippen MR) is 244 cm³/mol. The Hall–Kier alpha value is -7.68. The molecule has 0 aromatic heterocycles. The van der Waals surface area contributed by atoms with Crippen molar-refractivity contribution < 1.29 is 4.74 Å². The van der Waals surface area contributed by atoms with E-state index in [0.29, 0.717) is 0 Å². The van der Waals surface area contributed by atoms with Gasteiger partial charge in [0, 0.05) is 39.0 Å². The Balaban J connectivity index is 1.06. The van der Waals surface area contributed by atoms with Crippen LogP contribution in [0.2, 0.25) is 0 Å². The van der Waals surface area contributed by atoms with Gasteiger partial charge in [-0.1, -0.05) is 188 Å². The van der Waals surface area contributed by atoms with Crippen LogP contribution in [0.3, 0.4) is 0 Å². The van der Waals surface area contributed by atoms with E-state index < -0.39 is 5.41 Å². The van der Waals surface area contributed by atoms with Crippen molar-refractivity contribution >= 4 is 38.6 Å². The molecule has 2 nitrogen and oxygen atoms in total.